The molecule has 0 aromatic carbocycles. The fourth-order valence-electron chi connectivity index (χ4n) is 0.888. The lowest BCUT2D eigenvalue weighted by molar-refractivity contribution is 1.08. The van der Waals surface area contributed by atoms with Crippen molar-refractivity contribution in [2.45, 2.75) is 27.7 Å². The zero-order valence-corrected chi connectivity index (χ0v) is 6.95. The highest BCUT2D eigenvalue weighted by Gasteiger charge is 1.99. The molecule has 1 rings (SSSR count). The molecule has 1 aromatic rings. The third-order valence-corrected chi connectivity index (χ3v) is 2.06. The summed E-state index contributed by atoms with van der Waals surface area (Å²) in [7, 11) is 0. The molecule has 10 heavy (non-hydrogen) atoms. The standard InChI is InChI=1S/C9H12N/c1-6-5-10-9(4)8(3)7(6)2/h1-4H3. The summed E-state index contributed by atoms with van der Waals surface area (Å²) in [6.07, 6.45) is 2.96. The molecule has 1 heterocycles. The third-order valence-electron chi connectivity index (χ3n) is 2.06. The Morgan fingerprint density at radius 3 is 2.10 bits per heavy atom. The molecule has 1 nitrogen and oxygen atoms in total. The monoisotopic (exact) mass is 134 g/mol. The lowest BCUT2D eigenvalue weighted by Crippen LogP contribution is -1.93. The average molecular weight is 134 g/mol. The molecule has 0 aliphatic heterocycles. The van der Waals surface area contributed by atoms with Gasteiger partial charge in [-0.2, -0.15) is 0 Å². The summed E-state index contributed by atoms with van der Waals surface area (Å²) in [5, 5.41) is 0. The van der Waals surface area contributed by atoms with Crippen LogP contribution in [0.2, 0.25) is 0 Å². The van der Waals surface area contributed by atoms with Gasteiger partial charge in [0.05, 0.1) is 6.20 Å². The van der Waals surface area contributed by atoms with Crippen LogP contribution in [0.4, 0.5) is 0 Å². The summed E-state index contributed by atoms with van der Waals surface area (Å²) in [6.45, 7) is 8.25. The second-order valence-electron chi connectivity index (χ2n) is 2.68. The Kier molecular flexibility index (Phi) is 1.75. The number of pyridine rings is 1. The lowest BCUT2D eigenvalue weighted by atomic mass is 10.1. The number of aromatic nitrogens is 1. The van der Waals surface area contributed by atoms with Crippen LogP contribution in [-0.4, -0.2) is 4.98 Å². The van der Waals surface area contributed by atoms with E-state index in [1.165, 1.54) is 11.1 Å². The smallest absolute Gasteiger partial charge is 0.0924 e. The van der Waals surface area contributed by atoms with Gasteiger partial charge in [0, 0.05) is 5.69 Å². The van der Waals surface area contributed by atoms with Gasteiger partial charge in [-0.05, 0) is 44.4 Å². The number of hydrogen-bond donors (Lipinski definition) is 0. The Morgan fingerprint density at radius 1 is 1.00 bits per heavy atom. The molecule has 0 N–H and O–H groups in total. The molecule has 0 saturated heterocycles. The van der Waals surface area contributed by atoms with Gasteiger partial charge in [-0.25, -0.2) is 0 Å². The Labute approximate surface area is 62.1 Å². The van der Waals surface area contributed by atoms with Crippen molar-refractivity contribution in [3.8, 4) is 0 Å². The maximum atomic E-state index is 4.11. The molecule has 0 amide bonds. The fraction of sp³-hybridized carbons (Fsp3) is 0.444. The second kappa shape index (κ2) is 2.41. The van der Waals surface area contributed by atoms with Crippen molar-refractivity contribution < 1.29 is 0 Å². The van der Waals surface area contributed by atoms with E-state index >= 15 is 0 Å². The van der Waals surface area contributed by atoms with Gasteiger partial charge in [-0.15, -0.1) is 0 Å². The van der Waals surface area contributed by atoms with Gasteiger partial charge in [0.25, 0.3) is 0 Å². The quantitative estimate of drug-likeness (QED) is 0.529. The number of aryl methyl sites for hydroxylation is 2. The lowest BCUT2D eigenvalue weighted by Gasteiger charge is -2.04. The SMILES string of the molecule is Cc1[c]nc(C)c(C)c1C. The van der Waals surface area contributed by atoms with Crippen LogP contribution in [-0.2, 0) is 0 Å². The topological polar surface area (TPSA) is 12.9 Å². The van der Waals surface area contributed by atoms with Crippen LogP contribution in [0.15, 0.2) is 0 Å². The van der Waals surface area contributed by atoms with E-state index in [9.17, 15) is 0 Å². The molecule has 1 radical (unpaired) electrons. The van der Waals surface area contributed by atoms with Crippen LogP contribution in [0.5, 0.6) is 0 Å². The minimum atomic E-state index is 1.09. The zero-order chi connectivity index (χ0) is 7.72. The van der Waals surface area contributed by atoms with Crippen LogP contribution in [0.1, 0.15) is 22.4 Å². The average Bonchev–Trinajstić information content (AvgIpc) is 1.93. The molecule has 1 aromatic heterocycles. The first-order valence-electron chi connectivity index (χ1n) is 3.45. The van der Waals surface area contributed by atoms with Crippen molar-refractivity contribution in [3.63, 3.8) is 0 Å². The van der Waals surface area contributed by atoms with E-state index in [2.05, 4.69) is 25.0 Å². The summed E-state index contributed by atoms with van der Waals surface area (Å²) in [5.74, 6) is 0. The van der Waals surface area contributed by atoms with Crippen molar-refractivity contribution in [1.29, 1.82) is 0 Å². The minimum Gasteiger partial charge on any atom is -0.251 e. The summed E-state index contributed by atoms with van der Waals surface area (Å²) in [5.41, 5.74) is 4.84. The molecule has 0 fully saturated rings. The van der Waals surface area contributed by atoms with E-state index < -0.39 is 0 Å². The first kappa shape index (κ1) is 7.26. The Morgan fingerprint density at radius 2 is 1.60 bits per heavy atom. The Balaban J connectivity index is 3.34. The van der Waals surface area contributed by atoms with E-state index in [1.807, 2.05) is 13.8 Å². The first-order chi connectivity index (χ1) is 4.63. The van der Waals surface area contributed by atoms with Gasteiger partial charge in [-0.3, -0.25) is 4.98 Å². The molecule has 0 atom stereocenters. The summed E-state index contributed by atoms with van der Waals surface area (Å²) < 4.78 is 0. The Hall–Kier alpha value is -0.850. The highest BCUT2D eigenvalue weighted by Crippen LogP contribution is 2.12. The van der Waals surface area contributed by atoms with Crippen LogP contribution in [0.3, 0.4) is 0 Å². The van der Waals surface area contributed by atoms with Crippen LogP contribution in [0.25, 0.3) is 0 Å². The maximum absolute atomic E-state index is 4.11. The van der Waals surface area contributed by atoms with Crippen LogP contribution < -0.4 is 0 Å². The van der Waals surface area contributed by atoms with Gasteiger partial charge in [0.15, 0.2) is 0 Å². The molecular weight excluding hydrogens is 122 g/mol. The number of nitrogens with zero attached hydrogens (tertiary/aromatic N) is 1. The highest BCUT2D eigenvalue weighted by atomic mass is 14.7. The third kappa shape index (κ3) is 1.04. The molecule has 0 aliphatic rings. The molecule has 0 bridgehead atoms. The molecule has 0 aliphatic carbocycles. The molecule has 0 spiro atoms. The van der Waals surface area contributed by atoms with E-state index in [-0.39, 0.29) is 0 Å². The van der Waals surface area contributed by atoms with Crippen molar-refractivity contribution in [2.75, 3.05) is 0 Å². The van der Waals surface area contributed by atoms with E-state index in [1.54, 1.807) is 0 Å². The fourth-order valence-corrected chi connectivity index (χ4v) is 0.888. The largest absolute Gasteiger partial charge is 0.251 e. The second-order valence-corrected chi connectivity index (χ2v) is 2.68. The van der Waals surface area contributed by atoms with Gasteiger partial charge in [0.2, 0.25) is 0 Å². The van der Waals surface area contributed by atoms with Crippen molar-refractivity contribution in [1.82, 2.24) is 4.98 Å². The highest BCUT2D eigenvalue weighted by molar-refractivity contribution is 5.32. The predicted octanol–water partition coefficient (Wildman–Crippen LogP) is 2.12. The van der Waals surface area contributed by atoms with Crippen molar-refractivity contribution in [2.24, 2.45) is 0 Å². The van der Waals surface area contributed by atoms with Crippen LogP contribution in [0, 0.1) is 33.9 Å². The first-order valence-corrected chi connectivity index (χ1v) is 3.45. The molecular formula is C9H12N. The molecule has 0 saturated carbocycles. The maximum Gasteiger partial charge on any atom is 0.0924 e. The normalized spacial score (nSPS) is 10.0. The summed E-state index contributed by atoms with van der Waals surface area (Å²) in [6, 6.07) is 0. The van der Waals surface area contributed by atoms with Crippen molar-refractivity contribution >= 4 is 0 Å². The van der Waals surface area contributed by atoms with Gasteiger partial charge in [-0.1, -0.05) is 0 Å². The zero-order valence-electron chi connectivity index (χ0n) is 6.95. The molecule has 53 valence electrons. The molecule has 1 heteroatoms. The van der Waals surface area contributed by atoms with E-state index in [0.29, 0.717) is 0 Å². The summed E-state index contributed by atoms with van der Waals surface area (Å²) in [4.78, 5) is 4.11. The van der Waals surface area contributed by atoms with Gasteiger partial charge in [0.1, 0.15) is 0 Å². The molecule has 0 unspecified atom stereocenters. The number of rotatable bonds is 0. The van der Waals surface area contributed by atoms with Gasteiger partial charge < -0.3 is 0 Å². The van der Waals surface area contributed by atoms with E-state index in [0.717, 1.165) is 11.3 Å². The minimum absolute atomic E-state index is 1.09. The van der Waals surface area contributed by atoms with E-state index in [4.69, 9.17) is 0 Å². The number of hydrogen-bond acceptors (Lipinski definition) is 1. The van der Waals surface area contributed by atoms with Gasteiger partial charge >= 0.3 is 0 Å². The predicted molar refractivity (Wildman–Crippen MR) is 42.0 cm³/mol. The van der Waals surface area contributed by atoms with Crippen molar-refractivity contribution in [3.05, 3.63) is 28.6 Å². The van der Waals surface area contributed by atoms with Crippen LogP contribution >= 0.6 is 0 Å². The Bertz CT molecular complexity index is 224. The summed E-state index contributed by atoms with van der Waals surface area (Å²) >= 11 is 0.